The topological polar surface area (TPSA) is 64.3 Å². The maximum absolute atomic E-state index is 13.0. The van der Waals surface area contributed by atoms with Crippen LogP contribution in [0, 0.1) is 5.82 Å². The normalized spacial score (nSPS) is 20.5. The highest BCUT2D eigenvalue weighted by Crippen LogP contribution is 2.34. The average Bonchev–Trinajstić information content (AvgIpc) is 2.93. The van der Waals surface area contributed by atoms with E-state index in [4.69, 9.17) is 10.5 Å². The monoisotopic (exact) mass is 328 g/mol. The molecule has 4 nitrogen and oxygen atoms in total. The number of hydrogen-bond donors (Lipinski definition) is 2. The van der Waals surface area contributed by atoms with Crippen LogP contribution in [0.3, 0.4) is 0 Å². The molecule has 0 fully saturated rings. The van der Waals surface area contributed by atoms with Crippen LogP contribution in [0.4, 0.5) is 4.39 Å². The lowest BCUT2D eigenvalue weighted by Crippen LogP contribution is -2.43. The summed E-state index contributed by atoms with van der Waals surface area (Å²) in [5.41, 5.74) is 8.89. The van der Waals surface area contributed by atoms with Gasteiger partial charge in [0, 0.05) is 6.61 Å². The van der Waals surface area contributed by atoms with Crippen molar-refractivity contribution in [3.8, 4) is 0 Å². The van der Waals surface area contributed by atoms with Gasteiger partial charge in [0.15, 0.2) is 0 Å². The predicted molar refractivity (Wildman–Crippen MR) is 89.8 cm³/mol. The van der Waals surface area contributed by atoms with Crippen LogP contribution in [-0.2, 0) is 16.0 Å². The second-order valence-electron chi connectivity index (χ2n) is 5.92. The molecule has 2 aromatic rings. The zero-order valence-corrected chi connectivity index (χ0v) is 13.5. The molecule has 0 aliphatic heterocycles. The minimum atomic E-state index is -0.836. The van der Waals surface area contributed by atoms with Crippen LogP contribution in [-0.4, -0.2) is 18.6 Å². The summed E-state index contributed by atoms with van der Waals surface area (Å²) in [6.45, 7) is 2.50. The first-order valence-electron chi connectivity index (χ1n) is 8.11. The number of hydrogen-bond acceptors (Lipinski definition) is 3. The molecular formula is C19H21FN2O2. The van der Waals surface area contributed by atoms with E-state index in [0.717, 1.165) is 5.56 Å². The van der Waals surface area contributed by atoms with Gasteiger partial charge in [0.25, 0.3) is 0 Å². The highest BCUT2D eigenvalue weighted by atomic mass is 19.1. The first-order chi connectivity index (χ1) is 11.6. The molecule has 0 saturated heterocycles. The Hall–Kier alpha value is -2.24. The van der Waals surface area contributed by atoms with Crippen LogP contribution < -0.4 is 11.1 Å². The van der Waals surface area contributed by atoms with E-state index in [-0.39, 0.29) is 23.9 Å². The molecule has 24 heavy (non-hydrogen) atoms. The van der Waals surface area contributed by atoms with Gasteiger partial charge in [0.1, 0.15) is 18.0 Å². The van der Waals surface area contributed by atoms with E-state index in [0.29, 0.717) is 18.6 Å². The number of ether oxygens (including phenoxy) is 1. The van der Waals surface area contributed by atoms with Crippen molar-refractivity contribution in [3.05, 3.63) is 71.0 Å². The zero-order chi connectivity index (χ0) is 17.1. The number of carbonyl (C=O) groups excluding carboxylic acids is 1. The Bertz CT molecular complexity index is 718. The molecule has 3 atom stereocenters. The fraction of sp³-hybridized carbons (Fsp3) is 0.316. The number of amides is 1. The Labute approximate surface area is 140 Å². The van der Waals surface area contributed by atoms with Gasteiger partial charge in [-0.05, 0) is 42.2 Å². The quantitative estimate of drug-likeness (QED) is 0.887. The van der Waals surface area contributed by atoms with Crippen molar-refractivity contribution in [2.75, 3.05) is 6.61 Å². The summed E-state index contributed by atoms with van der Waals surface area (Å²) < 4.78 is 18.8. The summed E-state index contributed by atoms with van der Waals surface area (Å²) in [5.74, 6) is -0.641. The van der Waals surface area contributed by atoms with Crippen molar-refractivity contribution >= 4 is 5.91 Å². The molecule has 0 heterocycles. The van der Waals surface area contributed by atoms with Gasteiger partial charge in [-0.15, -0.1) is 0 Å². The van der Waals surface area contributed by atoms with Crippen LogP contribution in [0.2, 0.25) is 0 Å². The standard InChI is InChI=1S/C19H21FN2O2/c1-2-24-18-15-6-4-3-5-13(15)11-16(18)22-19(23)17(21)12-7-9-14(20)10-8-12/h3-10,16-18H,2,11,21H2,1H3,(H,22,23)/t16-,17+,18-/m1/s1. The molecule has 0 spiro atoms. The van der Waals surface area contributed by atoms with Gasteiger partial charge in [-0.2, -0.15) is 0 Å². The Morgan fingerprint density at radius 1 is 1.29 bits per heavy atom. The Balaban J connectivity index is 1.73. The number of rotatable bonds is 5. The number of fused-ring (bicyclic) bond motifs is 1. The van der Waals surface area contributed by atoms with Crippen molar-refractivity contribution in [2.24, 2.45) is 5.73 Å². The number of halogens is 1. The van der Waals surface area contributed by atoms with Gasteiger partial charge >= 0.3 is 0 Å². The van der Waals surface area contributed by atoms with Gasteiger partial charge in [-0.1, -0.05) is 36.4 Å². The number of carbonyl (C=O) groups is 1. The molecule has 126 valence electrons. The molecule has 1 aliphatic carbocycles. The molecule has 0 aromatic heterocycles. The molecular weight excluding hydrogens is 307 g/mol. The molecule has 3 rings (SSSR count). The van der Waals surface area contributed by atoms with E-state index in [1.807, 2.05) is 31.2 Å². The van der Waals surface area contributed by atoms with E-state index in [1.54, 1.807) is 0 Å². The summed E-state index contributed by atoms with van der Waals surface area (Å²) >= 11 is 0. The number of benzene rings is 2. The summed E-state index contributed by atoms with van der Waals surface area (Å²) in [6.07, 6.45) is 0.540. The van der Waals surface area contributed by atoms with Crippen molar-refractivity contribution < 1.29 is 13.9 Å². The van der Waals surface area contributed by atoms with Crippen LogP contribution in [0.25, 0.3) is 0 Å². The fourth-order valence-electron chi connectivity index (χ4n) is 3.16. The van der Waals surface area contributed by atoms with Crippen LogP contribution in [0.5, 0.6) is 0 Å². The van der Waals surface area contributed by atoms with Gasteiger partial charge in [-0.25, -0.2) is 4.39 Å². The number of nitrogens with one attached hydrogen (secondary N) is 1. The summed E-state index contributed by atoms with van der Waals surface area (Å²) in [6, 6.07) is 12.7. The fourth-order valence-corrected chi connectivity index (χ4v) is 3.16. The van der Waals surface area contributed by atoms with Crippen molar-refractivity contribution in [1.82, 2.24) is 5.32 Å². The highest BCUT2D eigenvalue weighted by molar-refractivity contribution is 5.83. The Kier molecular flexibility index (Phi) is 4.92. The molecule has 0 unspecified atom stereocenters. The smallest absolute Gasteiger partial charge is 0.241 e. The van der Waals surface area contributed by atoms with Gasteiger partial charge in [0.05, 0.1) is 6.04 Å². The first kappa shape index (κ1) is 16.6. The molecule has 0 bridgehead atoms. The summed E-state index contributed by atoms with van der Waals surface area (Å²) in [5, 5.41) is 2.99. The van der Waals surface area contributed by atoms with Crippen molar-refractivity contribution in [3.63, 3.8) is 0 Å². The first-order valence-corrected chi connectivity index (χ1v) is 8.11. The largest absolute Gasteiger partial charge is 0.372 e. The lowest BCUT2D eigenvalue weighted by molar-refractivity contribution is -0.124. The Morgan fingerprint density at radius 3 is 2.71 bits per heavy atom. The number of nitrogens with two attached hydrogens (primary N) is 1. The van der Waals surface area contributed by atoms with Gasteiger partial charge in [0.2, 0.25) is 5.91 Å². The van der Waals surface area contributed by atoms with E-state index in [9.17, 15) is 9.18 Å². The molecule has 0 saturated carbocycles. The molecule has 5 heteroatoms. The van der Waals surface area contributed by atoms with Crippen molar-refractivity contribution in [1.29, 1.82) is 0 Å². The highest BCUT2D eigenvalue weighted by Gasteiger charge is 2.34. The van der Waals surface area contributed by atoms with E-state index in [1.165, 1.54) is 29.8 Å². The molecule has 1 amide bonds. The molecule has 1 aliphatic rings. The van der Waals surface area contributed by atoms with Gasteiger partial charge < -0.3 is 15.8 Å². The minimum Gasteiger partial charge on any atom is -0.372 e. The molecule has 3 N–H and O–H groups in total. The van der Waals surface area contributed by atoms with Crippen LogP contribution >= 0.6 is 0 Å². The van der Waals surface area contributed by atoms with Crippen LogP contribution in [0.15, 0.2) is 48.5 Å². The third kappa shape index (κ3) is 3.32. The lowest BCUT2D eigenvalue weighted by atomic mass is 10.1. The van der Waals surface area contributed by atoms with E-state index >= 15 is 0 Å². The summed E-state index contributed by atoms with van der Waals surface area (Å²) in [4.78, 5) is 12.5. The van der Waals surface area contributed by atoms with Crippen LogP contribution in [0.1, 0.15) is 35.8 Å². The third-order valence-electron chi connectivity index (χ3n) is 4.35. The van der Waals surface area contributed by atoms with Gasteiger partial charge in [-0.3, -0.25) is 4.79 Å². The third-order valence-corrected chi connectivity index (χ3v) is 4.35. The Morgan fingerprint density at radius 2 is 2.00 bits per heavy atom. The lowest BCUT2D eigenvalue weighted by Gasteiger charge is -2.23. The second kappa shape index (κ2) is 7.11. The maximum atomic E-state index is 13.0. The zero-order valence-electron chi connectivity index (χ0n) is 13.5. The minimum absolute atomic E-state index is 0.152. The average molecular weight is 328 g/mol. The second-order valence-corrected chi connectivity index (χ2v) is 5.92. The molecule has 0 radical (unpaired) electrons. The maximum Gasteiger partial charge on any atom is 0.241 e. The van der Waals surface area contributed by atoms with E-state index in [2.05, 4.69) is 5.32 Å². The van der Waals surface area contributed by atoms with E-state index < -0.39 is 6.04 Å². The summed E-state index contributed by atoms with van der Waals surface area (Å²) in [7, 11) is 0. The molecule has 2 aromatic carbocycles. The predicted octanol–water partition coefficient (Wildman–Crippen LogP) is 2.64. The SMILES string of the molecule is CCO[C@@H]1c2ccccc2C[C@H]1NC(=O)[C@@H](N)c1ccc(F)cc1. The van der Waals surface area contributed by atoms with Crippen molar-refractivity contribution in [2.45, 2.75) is 31.5 Å².